The molecule has 1 saturated heterocycles. The molecule has 1 aliphatic rings. The highest BCUT2D eigenvalue weighted by Gasteiger charge is 2.36. The number of ether oxygens (including phenoxy) is 1. The summed E-state index contributed by atoms with van der Waals surface area (Å²) in [6, 6.07) is 6.05. The average molecular weight is 449 g/mol. The van der Waals surface area contributed by atoms with Gasteiger partial charge in [-0.2, -0.15) is 0 Å². The van der Waals surface area contributed by atoms with E-state index < -0.39 is 46.9 Å². The monoisotopic (exact) mass is 449 g/mol. The first-order valence-electron chi connectivity index (χ1n) is 9.78. The number of halogens is 3. The Morgan fingerprint density at radius 2 is 1.62 bits per heavy atom. The van der Waals surface area contributed by atoms with Crippen molar-refractivity contribution in [3.8, 4) is 0 Å². The van der Waals surface area contributed by atoms with Crippen LogP contribution in [-0.4, -0.2) is 30.1 Å². The first kappa shape index (κ1) is 23.1. The lowest BCUT2D eigenvalue weighted by Crippen LogP contribution is -2.29. The van der Waals surface area contributed by atoms with Gasteiger partial charge in [0.05, 0.1) is 17.3 Å². The van der Waals surface area contributed by atoms with Crippen molar-refractivity contribution in [2.24, 2.45) is 5.92 Å². The number of rotatable bonds is 4. The zero-order valence-electron chi connectivity index (χ0n) is 17.7. The molecule has 1 unspecified atom stereocenters. The van der Waals surface area contributed by atoms with Crippen LogP contribution in [0.1, 0.15) is 27.2 Å². The van der Waals surface area contributed by atoms with Gasteiger partial charge >= 0.3 is 6.09 Å². The predicted octanol–water partition coefficient (Wildman–Crippen LogP) is 4.44. The van der Waals surface area contributed by atoms with Gasteiger partial charge in [0, 0.05) is 24.7 Å². The van der Waals surface area contributed by atoms with E-state index in [-0.39, 0.29) is 30.0 Å². The third-order valence-corrected chi connectivity index (χ3v) is 4.53. The van der Waals surface area contributed by atoms with Crippen molar-refractivity contribution in [2.45, 2.75) is 32.8 Å². The van der Waals surface area contributed by atoms with Gasteiger partial charge in [0.25, 0.3) is 0 Å². The van der Waals surface area contributed by atoms with E-state index in [9.17, 15) is 27.6 Å². The molecule has 0 saturated carbocycles. The van der Waals surface area contributed by atoms with E-state index in [4.69, 9.17) is 4.74 Å². The fourth-order valence-corrected chi connectivity index (χ4v) is 3.21. The summed E-state index contributed by atoms with van der Waals surface area (Å²) in [5.74, 6) is -4.31. The van der Waals surface area contributed by atoms with E-state index in [0.717, 1.165) is 29.2 Å². The minimum Gasteiger partial charge on any atom is -0.444 e. The molecule has 0 aromatic heterocycles. The van der Waals surface area contributed by atoms with Crippen LogP contribution < -0.4 is 15.5 Å². The van der Waals surface area contributed by atoms with Crippen LogP contribution in [0.2, 0.25) is 0 Å². The van der Waals surface area contributed by atoms with Gasteiger partial charge in [-0.05, 0) is 51.1 Å². The molecule has 0 aliphatic carbocycles. The maximum atomic E-state index is 13.8. The second-order valence-corrected chi connectivity index (χ2v) is 8.34. The highest BCUT2D eigenvalue weighted by atomic mass is 19.1. The van der Waals surface area contributed by atoms with Gasteiger partial charge in [0.2, 0.25) is 11.8 Å². The highest BCUT2D eigenvalue weighted by Crippen LogP contribution is 2.29. The van der Waals surface area contributed by atoms with Crippen LogP contribution in [0.4, 0.5) is 35.0 Å². The molecule has 1 aliphatic heterocycles. The van der Waals surface area contributed by atoms with Crippen molar-refractivity contribution in [1.29, 1.82) is 0 Å². The molecule has 2 aromatic carbocycles. The van der Waals surface area contributed by atoms with Gasteiger partial charge in [0.1, 0.15) is 23.1 Å². The largest absolute Gasteiger partial charge is 0.444 e. The van der Waals surface area contributed by atoms with Crippen molar-refractivity contribution in [2.75, 3.05) is 22.1 Å². The number of amides is 3. The predicted molar refractivity (Wildman–Crippen MR) is 112 cm³/mol. The molecule has 7 nitrogen and oxygen atoms in total. The molecule has 0 bridgehead atoms. The molecule has 3 rings (SSSR count). The van der Waals surface area contributed by atoms with Crippen LogP contribution in [-0.2, 0) is 14.3 Å². The molecule has 0 spiro atoms. The first-order chi connectivity index (χ1) is 14.9. The summed E-state index contributed by atoms with van der Waals surface area (Å²) >= 11 is 0. The van der Waals surface area contributed by atoms with Gasteiger partial charge in [-0.25, -0.2) is 18.0 Å². The maximum absolute atomic E-state index is 13.8. The molecule has 2 aromatic rings. The Balaban J connectivity index is 1.74. The summed E-state index contributed by atoms with van der Waals surface area (Å²) in [6.45, 7) is 4.91. The molecular formula is C22H22F3N3O4. The van der Waals surface area contributed by atoms with Crippen molar-refractivity contribution in [1.82, 2.24) is 0 Å². The van der Waals surface area contributed by atoms with E-state index in [0.29, 0.717) is 6.07 Å². The number of hydrogen-bond acceptors (Lipinski definition) is 4. The van der Waals surface area contributed by atoms with Crippen LogP contribution in [0.5, 0.6) is 0 Å². The third-order valence-electron chi connectivity index (χ3n) is 4.53. The molecule has 0 radical (unpaired) electrons. The zero-order valence-corrected chi connectivity index (χ0v) is 17.7. The molecule has 1 fully saturated rings. The van der Waals surface area contributed by atoms with E-state index in [1.165, 1.54) is 6.07 Å². The van der Waals surface area contributed by atoms with E-state index in [1.54, 1.807) is 20.8 Å². The molecule has 1 heterocycles. The van der Waals surface area contributed by atoms with Gasteiger partial charge in [-0.1, -0.05) is 0 Å². The first-order valence-corrected chi connectivity index (χ1v) is 9.78. The van der Waals surface area contributed by atoms with Crippen molar-refractivity contribution in [3.63, 3.8) is 0 Å². The Morgan fingerprint density at radius 1 is 0.969 bits per heavy atom. The molecule has 1 atom stereocenters. The second-order valence-electron chi connectivity index (χ2n) is 8.34. The summed E-state index contributed by atoms with van der Waals surface area (Å²) < 4.78 is 45.9. The summed E-state index contributed by atoms with van der Waals surface area (Å²) in [7, 11) is 0. The summed E-state index contributed by atoms with van der Waals surface area (Å²) in [6.07, 6.45) is -0.997. The number of hydrogen-bond donors (Lipinski definition) is 2. The number of nitrogens with zero attached hydrogens (tertiary/aromatic N) is 1. The fraction of sp³-hybridized carbons (Fsp3) is 0.318. The lowest BCUT2D eigenvalue weighted by Gasteiger charge is -2.21. The van der Waals surface area contributed by atoms with Crippen molar-refractivity contribution in [3.05, 3.63) is 53.8 Å². The van der Waals surface area contributed by atoms with Crippen LogP contribution in [0, 0.1) is 23.4 Å². The second kappa shape index (κ2) is 8.89. The van der Waals surface area contributed by atoms with Crippen molar-refractivity contribution >= 4 is 35.0 Å². The van der Waals surface area contributed by atoms with Crippen LogP contribution in [0.15, 0.2) is 36.4 Å². The number of benzene rings is 2. The van der Waals surface area contributed by atoms with E-state index >= 15 is 0 Å². The molecule has 32 heavy (non-hydrogen) atoms. The Morgan fingerprint density at radius 3 is 2.25 bits per heavy atom. The molecule has 2 N–H and O–H groups in total. The van der Waals surface area contributed by atoms with Gasteiger partial charge < -0.3 is 15.0 Å². The molecule has 170 valence electrons. The maximum Gasteiger partial charge on any atom is 0.412 e. The third kappa shape index (κ3) is 5.77. The highest BCUT2D eigenvalue weighted by molar-refractivity contribution is 6.05. The number of carbonyl (C=O) groups is 3. The Labute approximate surface area is 182 Å². The standard InChI is InChI=1S/C22H22F3N3O4/c1-22(2,3)32-21(31)27-17-5-4-13(23)10-18(17)26-20(30)12-6-19(29)28(11-12)16-8-14(24)7-15(25)9-16/h4-5,7-10,12H,6,11H2,1-3H3,(H,26,30)(H,27,31). The smallest absolute Gasteiger partial charge is 0.412 e. The summed E-state index contributed by atoms with van der Waals surface area (Å²) in [4.78, 5) is 38.2. The Bertz CT molecular complexity index is 1050. The number of nitrogens with one attached hydrogen (secondary N) is 2. The minimum atomic E-state index is -0.855. The quantitative estimate of drug-likeness (QED) is 0.722. The lowest BCUT2D eigenvalue weighted by atomic mass is 10.1. The van der Waals surface area contributed by atoms with E-state index in [1.807, 2.05) is 0 Å². The molecule has 10 heteroatoms. The summed E-state index contributed by atoms with van der Waals surface area (Å²) in [5, 5.41) is 4.94. The molecular weight excluding hydrogens is 427 g/mol. The lowest BCUT2D eigenvalue weighted by molar-refractivity contribution is -0.122. The molecule has 3 amide bonds. The zero-order chi connectivity index (χ0) is 23.6. The van der Waals surface area contributed by atoms with Crippen LogP contribution in [0.25, 0.3) is 0 Å². The van der Waals surface area contributed by atoms with Gasteiger partial charge in [-0.15, -0.1) is 0 Å². The number of carbonyl (C=O) groups excluding carboxylic acids is 3. The van der Waals surface area contributed by atoms with Gasteiger partial charge in [0.15, 0.2) is 0 Å². The average Bonchev–Trinajstić information content (AvgIpc) is 3.03. The Kier molecular flexibility index (Phi) is 6.42. The SMILES string of the molecule is CC(C)(C)OC(=O)Nc1ccc(F)cc1NC(=O)C1CC(=O)N(c2cc(F)cc(F)c2)C1. The Hall–Kier alpha value is -3.56. The van der Waals surface area contributed by atoms with Crippen LogP contribution in [0.3, 0.4) is 0 Å². The normalized spacial score (nSPS) is 16.1. The topological polar surface area (TPSA) is 87.7 Å². The minimum absolute atomic E-state index is 0.000775. The van der Waals surface area contributed by atoms with Crippen LogP contribution >= 0.6 is 0 Å². The number of anilines is 3. The van der Waals surface area contributed by atoms with Crippen molar-refractivity contribution < 1.29 is 32.3 Å². The van der Waals surface area contributed by atoms with E-state index in [2.05, 4.69) is 10.6 Å². The van der Waals surface area contributed by atoms with Gasteiger partial charge in [-0.3, -0.25) is 14.9 Å². The summed E-state index contributed by atoms with van der Waals surface area (Å²) in [5.41, 5.74) is -0.691. The fourth-order valence-electron chi connectivity index (χ4n) is 3.21.